The number of anilines is 1. The lowest BCUT2D eigenvalue weighted by atomic mass is 9.89. The third-order valence-electron chi connectivity index (χ3n) is 4.01. The number of aromatic nitrogens is 2. The molecule has 0 saturated heterocycles. The summed E-state index contributed by atoms with van der Waals surface area (Å²) < 4.78 is 0. The molecule has 1 atom stereocenters. The van der Waals surface area contributed by atoms with Crippen LogP contribution in [0.4, 0.5) is 5.82 Å². The molecule has 2 heterocycles. The maximum atomic E-state index is 4.47. The van der Waals surface area contributed by atoms with Crippen molar-refractivity contribution in [3.8, 4) is 0 Å². The lowest BCUT2D eigenvalue weighted by Crippen LogP contribution is -2.10. The first-order valence-electron chi connectivity index (χ1n) is 6.83. The van der Waals surface area contributed by atoms with Crippen LogP contribution in [0.15, 0.2) is 6.33 Å². The van der Waals surface area contributed by atoms with Crippen LogP contribution in [-0.2, 0) is 12.8 Å². The summed E-state index contributed by atoms with van der Waals surface area (Å²) in [6.45, 7) is 2.35. The second-order valence-electron chi connectivity index (χ2n) is 5.67. The third kappa shape index (κ3) is 1.70. The molecule has 2 aliphatic rings. The van der Waals surface area contributed by atoms with Crippen molar-refractivity contribution >= 4 is 27.4 Å². The molecule has 0 radical (unpaired) electrons. The predicted octanol–water partition coefficient (Wildman–Crippen LogP) is 3.39. The van der Waals surface area contributed by atoms with Crippen molar-refractivity contribution in [2.75, 3.05) is 5.32 Å². The quantitative estimate of drug-likeness (QED) is 0.898. The molecule has 0 bridgehead atoms. The van der Waals surface area contributed by atoms with Gasteiger partial charge in [0.15, 0.2) is 0 Å². The SMILES string of the molecule is C[C@@H]1CCc2c(sc3ncnc(NC4CC4)c23)C1. The average Bonchev–Trinajstić information content (AvgIpc) is 3.08. The van der Waals surface area contributed by atoms with Crippen LogP contribution < -0.4 is 5.32 Å². The maximum Gasteiger partial charge on any atom is 0.138 e. The van der Waals surface area contributed by atoms with Gasteiger partial charge < -0.3 is 5.32 Å². The fourth-order valence-electron chi connectivity index (χ4n) is 2.81. The third-order valence-corrected chi connectivity index (χ3v) is 5.17. The Morgan fingerprint density at radius 1 is 1.28 bits per heavy atom. The Kier molecular flexibility index (Phi) is 2.34. The normalized spacial score (nSPS) is 23.1. The zero-order chi connectivity index (χ0) is 12.1. The maximum absolute atomic E-state index is 4.47. The molecule has 18 heavy (non-hydrogen) atoms. The highest BCUT2D eigenvalue weighted by atomic mass is 32.1. The van der Waals surface area contributed by atoms with E-state index in [0.29, 0.717) is 6.04 Å². The lowest BCUT2D eigenvalue weighted by Gasteiger charge is -2.18. The number of nitrogens with zero attached hydrogens (tertiary/aromatic N) is 2. The number of nitrogens with one attached hydrogen (secondary N) is 1. The molecule has 94 valence electrons. The van der Waals surface area contributed by atoms with E-state index < -0.39 is 0 Å². The monoisotopic (exact) mass is 259 g/mol. The van der Waals surface area contributed by atoms with Crippen molar-refractivity contribution in [3.63, 3.8) is 0 Å². The highest BCUT2D eigenvalue weighted by Gasteiger charge is 2.26. The molecule has 3 nitrogen and oxygen atoms in total. The fourth-order valence-corrected chi connectivity index (χ4v) is 4.16. The Balaban J connectivity index is 1.86. The van der Waals surface area contributed by atoms with E-state index in [-0.39, 0.29) is 0 Å². The summed E-state index contributed by atoms with van der Waals surface area (Å²) in [5.74, 6) is 1.90. The zero-order valence-corrected chi connectivity index (χ0v) is 11.4. The second kappa shape index (κ2) is 3.92. The van der Waals surface area contributed by atoms with E-state index in [4.69, 9.17) is 0 Å². The topological polar surface area (TPSA) is 37.8 Å². The van der Waals surface area contributed by atoms with Crippen LogP contribution >= 0.6 is 11.3 Å². The molecule has 0 aromatic carbocycles. The van der Waals surface area contributed by atoms with Gasteiger partial charge in [-0.15, -0.1) is 11.3 Å². The van der Waals surface area contributed by atoms with E-state index >= 15 is 0 Å². The van der Waals surface area contributed by atoms with Crippen molar-refractivity contribution in [1.82, 2.24) is 9.97 Å². The Morgan fingerprint density at radius 3 is 3.00 bits per heavy atom. The highest BCUT2D eigenvalue weighted by molar-refractivity contribution is 7.19. The number of hydrogen-bond acceptors (Lipinski definition) is 4. The van der Waals surface area contributed by atoms with Crippen LogP contribution in [0.5, 0.6) is 0 Å². The molecule has 2 aromatic rings. The standard InChI is InChI=1S/C14H17N3S/c1-8-2-5-10-11(6-8)18-14-12(10)13(15-7-16-14)17-9-3-4-9/h7-9H,2-6H2,1H3,(H,15,16,17)/t8-/m1/s1. The van der Waals surface area contributed by atoms with Gasteiger partial charge in [-0.1, -0.05) is 6.92 Å². The van der Waals surface area contributed by atoms with Crippen molar-refractivity contribution < 1.29 is 0 Å². The van der Waals surface area contributed by atoms with E-state index in [2.05, 4.69) is 22.2 Å². The molecule has 0 spiro atoms. The molecule has 4 heteroatoms. The summed E-state index contributed by atoms with van der Waals surface area (Å²) in [5.41, 5.74) is 1.52. The van der Waals surface area contributed by atoms with Gasteiger partial charge in [0.05, 0.1) is 5.39 Å². The van der Waals surface area contributed by atoms with Gasteiger partial charge in [0.1, 0.15) is 17.0 Å². The highest BCUT2D eigenvalue weighted by Crippen LogP contribution is 2.40. The summed E-state index contributed by atoms with van der Waals surface area (Å²) in [6.07, 6.45) is 8.00. The largest absolute Gasteiger partial charge is 0.367 e. The number of hydrogen-bond donors (Lipinski definition) is 1. The second-order valence-corrected chi connectivity index (χ2v) is 6.76. The van der Waals surface area contributed by atoms with Crippen molar-refractivity contribution in [1.29, 1.82) is 0 Å². The van der Waals surface area contributed by atoms with Gasteiger partial charge in [-0.3, -0.25) is 0 Å². The molecule has 1 N–H and O–H groups in total. The summed E-state index contributed by atoms with van der Waals surface area (Å²) >= 11 is 1.87. The van der Waals surface area contributed by atoms with Crippen LogP contribution in [0.3, 0.4) is 0 Å². The Morgan fingerprint density at radius 2 is 2.17 bits per heavy atom. The molecule has 1 saturated carbocycles. The number of aryl methyl sites for hydroxylation is 1. The Labute approximate surface area is 111 Å². The van der Waals surface area contributed by atoms with E-state index in [1.54, 1.807) is 11.2 Å². The average molecular weight is 259 g/mol. The zero-order valence-electron chi connectivity index (χ0n) is 10.6. The van der Waals surface area contributed by atoms with Crippen LogP contribution in [-0.4, -0.2) is 16.0 Å². The van der Waals surface area contributed by atoms with Gasteiger partial charge in [0, 0.05) is 10.9 Å². The van der Waals surface area contributed by atoms with Crippen molar-refractivity contribution in [2.24, 2.45) is 5.92 Å². The number of fused-ring (bicyclic) bond motifs is 3. The minimum absolute atomic E-state index is 0.654. The fraction of sp³-hybridized carbons (Fsp3) is 0.571. The van der Waals surface area contributed by atoms with Crippen LogP contribution in [0, 0.1) is 5.92 Å². The van der Waals surface area contributed by atoms with Gasteiger partial charge in [0.2, 0.25) is 0 Å². The van der Waals surface area contributed by atoms with Gasteiger partial charge in [-0.25, -0.2) is 9.97 Å². The summed E-state index contributed by atoms with van der Waals surface area (Å²) in [6, 6.07) is 0.654. The number of thiophene rings is 1. The van der Waals surface area contributed by atoms with Crippen LogP contribution in [0.25, 0.3) is 10.2 Å². The smallest absolute Gasteiger partial charge is 0.138 e. The van der Waals surface area contributed by atoms with Crippen molar-refractivity contribution in [2.45, 2.75) is 45.1 Å². The molecule has 0 amide bonds. The van der Waals surface area contributed by atoms with Gasteiger partial charge in [-0.2, -0.15) is 0 Å². The van der Waals surface area contributed by atoms with Gasteiger partial charge in [0.25, 0.3) is 0 Å². The first-order chi connectivity index (χ1) is 8.81. The van der Waals surface area contributed by atoms with Gasteiger partial charge in [-0.05, 0) is 43.6 Å². The Hall–Kier alpha value is -1.16. The lowest BCUT2D eigenvalue weighted by molar-refractivity contribution is 0.509. The van der Waals surface area contributed by atoms with Crippen LogP contribution in [0.2, 0.25) is 0 Å². The molecular formula is C14H17N3S. The van der Waals surface area contributed by atoms with Crippen molar-refractivity contribution in [3.05, 3.63) is 16.8 Å². The Bertz CT molecular complexity index is 600. The molecule has 4 rings (SSSR count). The van der Waals surface area contributed by atoms with E-state index in [1.807, 2.05) is 11.3 Å². The van der Waals surface area contributed by atoms with E-state index in [0.717, 1.165) is 11.7 Å². The van der Waals surface area contributed by atoms with E-state index in [9.17, 15) is 0 Å². The summed E-state index contributed by atoms with van der Waals surface area (Å²) in [5, 5.41) is 4.88. The predicted molar refractivity (Wildman–Crippen MR) is 75.2 cm³/mol. The first-order valence-corrected chi connectivity index (χ1v) is 7.64. The molecular weight excluding hydrogens is 242 g/mol. The molecule has 1 fully saturated rings. The minimum Gasteiger partial charge on any atom is -0.367 e. The number of rotatable bonds is 2. The summed E-state index contributed by atoms with van der Waals surface area (Å²) in [7, 11) is 0. The summed E-state index contributed by atoms with van der Waals surface area (Å²) in [4.78, 5) is 11.7. The van der Waals surface area contributed by atoms with Gasteiger partial charge >= 0.3 is 0 Å². The molecule has 0 aliphatic heterocycles. The molecule has 2 aromatic heterocycles. The molecule has 0 unspecified atom stereocenters. The first kappa shape index (κ1) is 10.7. The molecule has 2 aliphatic carbocycles. The van der Waals surface area contributed by atoms with E-state index in [1.165, 1.54) is 47.9 Å². The minimum atomic E-state index is 0.654. The van der Waals surface area contributed by atoms with Crippen LogP contribution in [0.1, 0.15) is 36.6 Å².